The van der Waals surface area contributed by atoms with Crippen molar-refractivity contribution in [3.05, 3.63) is 6.20 Å². The maximum atomic E-state index is 12.6. The van der Waals surface area contributed by atoms with Gasteiger partial charge >= 0.3 is 0 Å². The zero-order valence-electron chi connectivity index (χ0n) is 11.5. The smallest absolute Gasteiger partial charge is 0.248 e. The first-order valence-electron chi connectivity index (χ1n) is 6.74. The highest BCUT2D eigenvalue weighted by Crippen LogP contribution is 2.26. The SMILES string of the molecule is CCC1CCCN(S(=O)(=O)c2cn(C)nc2N)CC1. The lowest BCUT2D eigenvalue weighted by molar-refractivity contribution is 0.407. The molecule has 1 aliphatic rings. The first kappa shape index (κ1) is 14.3. The van der Waals surface area contributed by atoms with Gasteiger partial charge in [-0.15, -0.1) is 0 Å². The number of aromatic nitrogens is 2. The van der Waals surface area contributed by atoms with E-state index in [1.54, 1.807) is 11.4 Å². The Labute approximate surface area is 114 Å². The zero-order valence-corrected chi connectivity index (χ0v) is 12.4. The van der Waals surface area contributed by atoms with Gasteiger partial charge in [0.15, 0.2) is 5.82 Å². The molecule has 0 saturated carbocycles. The normalized spacial score (nSPS) is 22.3. The summed E-state index contributed by atoms with van der Waals surface area (Å²) < 4.78 is 28.1. The Morgan fingerprint density at radius 2 is 2.16 bits per heavy atom. The van der Waals surface area contributed by atoms with E-state index in [0.717, 1.165) is 25.7 Å². The Kier molecular flexibility index (Phi) is 4.15. The highest BCUT2D eigenvalue weighted by molar-refractivity contribution is 7.89. The molecule has 2 rings (SSSR count). The number of anilines is 1. The first-order valence-corrected chi connectivity index (χ1v) is 8.18. The quantitative estimate of drug-likeness (QED) is 0.905. The molecule has 1 aliphatic heterocycles. The number of rotatable bonds is 3. The number of nitrogens with zero attached hydrogens (tertiary/aromatic N) is 3. The van der Waals surface area contributed by atoms with E-state index in [1.807, 2.05) is 0 Å². The average Bonchev–Trinajstić information content (AvgIpc) is 2.59. The summed E-state index contributed by atoms with van der Waals surface area (Å²) in [7, 11) is -1.83. The van der Waals surface area contributed by atoms with Gasteiger partial charge in [-0.25, -0.2) is 8.42 Å². The molecule has 6 nitrogen and oxygen atoms in total. The van der Waals surface area contributed by atoms with Gasteiger partial charge in [0.25, 0.3) is 0 Å². The summed E-state index contributed by atoms with van der Waals surface area (Å²) in [5, 5.41) is 3.92. The monoisotopic (exact) mass is 286 g/mol. The molecule has 1 saturated heterocycles. The molecule has 0 aromatic carbocycles. The van der Waals surface area contributed by atoms with Crippen LogP contribution in [0.3, 0.4) is 0 Å². The minimum absolute atomic E-state index is 0.0822. The Bertz CT molecular complexity index is 538. The fourth-order valence-corrected chi connectivity index (χ4v) is 4.19. The molecule has 7 heteroatoms. The molecule has 1 aromatic heterocycles. The number of sulfonamides is 1. The average molecular weight is 286 g/mol. The van der Waals surface area contributed by atoms with Gasteiger partial charge < -0.3 is 5.73 Å². The number of aryl methyl sites for hydroxylation is 1. The van der Waals surface area contributed by atoms with Crippen molar-refractivity contribution in [3.8, 4) is 0 Å². The third kappa shape index (κ3) is 2.92. The molecule has 1 unspecified atom stereocenters. The van der Waals surface area contributed by atoms with Crippen molar-refractivity contribution in [2.45, 2.75) is 37.5 Å². The minimum Gasteiger partial charge on any atom is -0.381 e. The van der Waals surface area contributed by atoms with E-state index in [1.165, 1.54) is 10.9 Å². The van der Waals surface area contributed by atoms with Crippen molar-refractivity contribution < 1.29 is 8.42 Å². The second-order valence-electron chi connectivity index (χ2n) is 5.16. The van der Waals surface area contributed by atoms with Crippen LogP contribution in [0, 0.1) is 5.92 Å². The number of hydrogen-bond acceptors (Lipinski definition) is 4. The van der Waals surface area contributed by atoms with Crippen molar-refractivity contribution in [2.24, 2.45) is 13.0 Å². The maximum Gasteiger partial charge on any atom is 0.248 e. The third-order valence-corrected chi connectivity index (χ3v) is 5.74. The lowest BCUT2D eigenvalue weighted by Crippen LogP contribution is -2.32. The molecule has 2 heterocycles. The fraction of sp³-hybridized carbons (Fsp3) is 0.750. The van der Waals surface area contributed by atoms with Gasteiger partial charge in [-0.05, 0) is 25.2 Å². The van der Waals surface area contributed by atoms with Crippen molar-refractivity contribution in [1.29, 1.82) is 0 Å². The Morgan fingerprint density at radius 3 is 2.74 bits per heavy atom. The predicted molar refractivity (Wildman–Crippen MR) is 74.0 cm³/mol. The molecular weight excluding hydrogens is 264 g/mol. The van der Waals surface area contributed by atoms with Crippen LogP contribution < -0.4 is 5.73 Å². The molecule has 1 atom stereocenters. The maximum absolute atomic E-state index is 12.6. The largest absolute Gasteiger partial charge is 0.381 e. The van der Waals surface area contributed by atoms with Crippen LogP contribution in [0.15, 0.2) is 11.1 Å². The number of nitrogens with two attached hydrogens (primary N) is 1. The van der Waals surface area contributed by atoms with Crippen molar-refractivity contribution >= 4 is 15.8 Å². The van der Waals surface area contributed by atoms with Crippen LogP contribution in [-0.2, 0) is 17.1 Å². The van der Waals surface area contributed by atoms with Gasteiger partial charge in [0.1, 0.15) is 4.90 Å². The standard InChI is InChI=1S/C12H22N4O2S/c1-3-10-5-4-7-16(8-6-10)19(17,18)11-9-15(2)14-12(11)13/h9-10H,3-8H2,1-2H3,(H2,13,14). The van der Waals surface area contributed by atoms with Gasteiger partial charge in [0.05, 0.1) is 0 Å². The van der Waals surface area contributed by atoms with Gasteiger partial charge in [-0.2, -0.15) is 9.40 Å². The molecule has 19 heavy (non-hydrogen) atoms. The highest BCUT2D eigenvalue weighted by Gasteiger charge is 2.30. The van der Waals surface area contributed by atoms with E-state index in [-0.39, 0.29) is 10.7 Å². The van der Waals surface area contributed by atoms with E-state index in [4.69, 9.17) is 5.73 Å². The summed E-state index contributed by atoms with van der Waals surface area (Å²) in [6, 6.07) is 0. The summed E-state index contributed by atoms with van der Waals surface area (Å²) in [6.45, 7) is 3.32. The summed E-state index contributed by atoms with van der Waals surface area (Å²) in [5.74, 6) is 0.713. The summed E-state index contributed by atoms with van der Waals surface area (Å²) in [6.07, 6.45) is 5.54. The molecule has 0 bridgehead atoms. The highest BCUT2D eigenvalue weighted by atomic mass is 32.2. The Balaban J connectivity index is 2.22. The van der Waals surface area contributed by atoms with Crippen molar-refractivity contribution in [1.82, 2.24) is 14.1 Å². The van der Waals surface area contributed by atoms with Crippen LogP contribution in [0.25, 0.3) is 0 Å². The molecule has 0 amide bonds. The molecule has 1 aromatic rings. The van der Waals surface area contributed by atoms with Crippen LogP contribution in [0.1, 0.15) is 32.6 Å². The van der Waals surface area contributed by atoms with Crippen LogP contribution in [0.4, 0.5) is 5.82 Å². The van der Waals surface area contributed by atoms with Gasteiger partial charge in [-0.1, -0.05) is 13.3 Å². The fourth-order valence-electron chi connectivity index (χ4n) is 2.61. The second-order valence-corrected chi connectivity index (χ2v) is 7.07. The van der Waals surface area contributed by atoms with Gasteiger partial charge in [-0.3, -0.25) is 4.68 Å². The van der Waals surface area contributed by atoms with Crippen LogP contribution in [0.5, 0.6) is 0 Å². The van der Waals surface area contributed by atoms with E-state index in [9.17, 15) is 8.42 Å². The molecule has 0 radical (unpaired) electrons. The molecular formula is C12H22N4O2S. The number of nitrogen functional groups attached to an aromatic ring is 1. The van der Waals surface area contributed by atoms with Crippen molar-refractivity contribution in [3.63, 3.8) is 0 Å². The van der Waals surface area contributed by atoms with E-state index in [2.05, 4.69) is 12.0 Å². The molecule has 0 spiro atoms. The summed E-state index contributed by atoms with van der Waals surface area (Å²) in [5.41, 5.74) is 5.69. The topological polar surface area (TPSA) is 81.2 Å². The molecule has 0 aliphatic carbocycles. The van der Waals surface area contributed by atoms with Crippen molar-refractivity contribution in [2.75, 3.05) is 18.8 Å². The van der Waals surface area contributed by atoms with Crippen LogP contribution in [-0.4, -0.2) is 35.6 Å². The molecule has 108 valence electrons. The summed E-state index contributed by atoms with van der Waals surface area (Å²) >= 11 is 0. The van der Waals surface area contributed by atoms with Crippen LogP contribution >= 0.6 is 0 Å². The second kappa shape index (κ2) is 5.50. The third-order valence-electron chi connectivity index (χ3n) is 3.82. The van der Waals surface area contributed by atoms with E-state index < -0.39 is 10.0 Å². The summed E-state index contributed by atoms with van der Waals surface area (Å²) in [4.78, 5) is 0.130. The zero-order chi connectivity index (χ0) is 14.0. The molecule has 1 fully saturated rings. The Hall–Kier alpha value is -1.08. The van der Waals surface area contributed by atoms with E-state index >= 15 is 0 Å². The van der Waals surface area contributed by atoms with E-state index in [0.29, 0.717) is 19.0 Å². The van der Waals surface area contributed by atoms with Gasteiger partial charge in [0.2, 0.25) is 10.0 Å². The molecule has 2 N–H and O–H groups in total. The Morgan fingerprint density at radius 1 is 1.42 bits per heavy atom. The lowest BCUT2D eigenvalue weighted by Gasteiger charge is -2.19. The van der Waals surface area contributed by atoms with Gasteiger partial charge in [0, 0.05) is 26.3 Å². The predicted octanol–water partition coefficient (Wildman–Crippen LogP) is 1.20. The van der Waals surface area contributed by atoms with Crippen LogP contribution in [0.2, 0.25) is 0 Å². The first-order chi connectivity index (χ1) is 8.95. The number of hydrogen-bond donors (Lipinski definition) is 1. The lowest BCUT2D eigenvalue weighted by atomic mass is 9.98. The minimum atomic E-state index is -3.50.